The second-order valence-corrected chi connectivity index (χ2v) is 21.2. The van der Waals surface area contributed by atoms with E-state index < -0.39 is 10.8 Å². The first-order valence-corrected chi connectivity index (χ1v) is 26.6. The van der Waals surface area contributed by atoms with Crippen LogP contribution in [0.25, 0.3) is 111 Å². The molecule has 0 atom stereocenters. The Morgan fingerprint density at radius 3 is 0.895 bits per heavy atom. The fourth-order valence-corrected chi connectivity index (χ4v) is 14.9. The van der Waals surface area contributed by atoms with Gasteiger partial charge in [-0.3, -0.25) is 4.98 Å². The van der Waals surface area contributed by atoms with E-state index in [9.17, 15) is 0 Å². The van der Waals surface area contributed by atoms with Gasteiger partial charge in [-0.15, -0.1) is 0 Å². The van der Waals surface area contributed by atoms with E-state index in [4.69, 9.17) is 0 Å². The van der Waals surface area contributed by atoms with Gasteiger partial charge in [-0.2, -0.15) is 0 Å². The van der Waals surface area contributed by atoms with Crippen LogP contribution < -0.4 is 0 Å². The lowest BCUT2D eigenvalue weighted by molar-refractivity contribution is 0.794. The molecule has 13 aromatic rings. The maximum Gasteiger partial charge on any atom is 0.0725 e. The van der Waals surface area contributed by atoms with Gasteiger partial charge in [0.25, 0.3) is 0 Å². The second-order valence-electron chi connectivity index (χ2n) is 21.2. The third kappa shape index (κ3) is 5.31. The van der Waals surface area contributed by atoms with Crippen molar-refractivity contribution in [1.29, 1.82) is 0 Å². The molecule has 0 N–H and O–H groups in total. The van der Waals surface area contributed by atoms with Crippen LogP contribution >= 0.6 is 0 Å². The normalized spacial score (nSPS) is 14.0. The zero-order chi connectivity index (χ0) is 49.7. The summed E-state index contributed by atoms with van der Waals surface area (Å²) < 4.78 is 0. The highest BCUT2D eigenvalue weighted by atomic mass is 14.6. The van der Waals surface area contributed by atoms with Crippen LogP contribution in [0.2, 0.25) is 0 Å². The molecule has 0 unspecified atom stereocenters. The van der Waals surface area contributed by atoms with Crippen molar-refractivity contribution in [3.8, 4) is 89.0 Å². The smallest absolute Gasteiger partial charge is 0.0725 e. The monoisotopic (exact) mass is 959 g/mol. The molecule has 1 aromatic heterocycles. The summed E-state index contributed by atoms with van der Waals surface area (Å²) in [6, 6.07) is 99.2. The van der Waals surface area contributed by atoms with Crippen LogP contribution in [-0.4, -0.2) is 4.98 Å². The molecule has 0 saturated carbocycles. The van der Waals surface area contributed by atoms with Gasteiger partial charge in [0.15, 0.2) is 0 Å². The molecule has 0 saturated heterocycles. The fourth-order valence-electron chi connectivity index (χ4n) is 14.9. The Kier molecular flexibility index (Phi) is 8.48. The maximum atomic E-state index is 4.28. The van der Waals surface area contributed by atoms with Gasteiger partial charge >= 0.3 is 0 Å². The van der Waals surface area contributed by atoms with Gasteiger partial charge in [-0.05, 0) is 185 Å². The second kappa shape index (κ2) is 15.4. The summed E-state index contributed by atoms with van der Waals surface area (Å²) in [7, 11) is 0. The molecule has 4 aliphatic rings. The Balaban J connectivity index is 0.946. The first-order chi connectivity index (χ1) is 37.7. The summed E-state index contributed by atoms with van der Waals surface area (Å²) >= 11 is 0. The van der Waals surface area contributed by atoms with Gasteiger partial charge in [0.05, 0.1) is 10.8 Å². The molecule has 0 aliphatic heterocycles. The fraction of sp³-hybridized carbons (Fsp3) is 0.0267. The van der Waals surface area contributed by atoms with E-state index in [1.807, 2.05) is 12.4 Å². The predicted molar refractivity (Wildman–Crippen MR) is 314 cm³/mol. The quantitative estimate of drug-likeness (QED) is 0.160. The van der Waals surface area contributed by atoms with Crippen molar-refractivity contribution >= 4 is 21.5 Å². The van der Waals surface area contributed by atoms with Crippen LogP contribution in [0.3, 0.4) is 0 Å². The highest BCUT2D eigenvalue weighted by molar-refractivity contribution is 6.22. The van der Waals surface area contributed by atoms with E-state index in [-0.39, 0.29) is 0 Å². The molecule has 1 heterocycles. The summed E-state index contributed by atoms with van der Waals surface area (Å²) in [5, 5.41) is 4.95. The zero-order valence-corrected chi connectivity index (χ0v) is 41.4. The lowest BCUT2D eigenvalue weighted by Gasteiger charge is -2.31. The largest absolute Gasteiger partial charge is 0.265 e. The van der Waals surface area contributed by atoms with Crippen LogP contribution in [0.4, 0.5) is 0 Å². The topological polar surface area (TPSA) is 12.9 Å². The van der Waals surface area contributed by atoms with Gasteiger partial charge in [-0.1, -0.05) is 231 Å². The van der Waals surface area contributed by atoms with Crippen LogP contribution in [0.5, 0.6) is 0 Å². The van der Waals surface area contributed by atoms with E-state index in [0.717, 1.165) is 5.56 Å². The van der Waals surface area contributed by atoms with Crippen LogP contribution in [0, 0.1) is 0 Å². The van der Waals surface area contributed by atoms with Gasteiger partial charge in [0, 0.05) is 12.4 Å². The molecule has 17 rings (SSSR count). The number of hydrogen-bond donors (Lipinski definition) is 0. The molecule has 0 radical (unpaired) electrons. The molecule has 350 valence electrons. The Morgan fingerprint density at radius 1 is 0.197 bits per heavy atom. The molecular weight excluding hydrogens is 915 g/mol. The van der Waals surface area contributed by atoms with E-state index in [1.54, 1.807) is 0 Å². The van der Waals surface area contributed by atoms with Crippen molar-refractivity contribution in [3.63, 3.8) is 0 Å². The van der Waals surface area contributed by atoms with Crippen LogP contribution in [0.15, 0.2) is 273 Å². The minimum Gasteiger partial charge on any atom is -0.265 e. The molecule has 0 fully saturated rings. The van der Waals surface area contributed by atoms with E-state index in [0.29, 0.717) is 0 Å². The van der Waals surface area contributed by atoms with E-state index in [1.165, 1.54) is 150 Å². The SMILES string of the molecule is c1ccc2c(c1)-c1ccccc1C21c2ccccc2-c2ccc(-c3c4ccccc4c(-c4ccc5c(c4)C4(c6ccccc6-c6ccccc64)c4ccccc4-5)c4cc(-c5ccc(-c6ccncc6)cc5)ccc34)cc21. The summed E-state index contributed by atoms with van der Waals surface area (Å²) in [5.41, 5.74) is 30.0. The molecule has 76 heavy (non-hydrogen) atoms. The average Bonchev–Trinajstić information content (AvgIpc) is 4.19. The highest BCUT2D eigenvalue weighted by Crippen LogP contribution is 2.65. The van der Waals surface area contributed by atoms with E-state index in [2.05, 4.69) is 266 Å². The Bertz CT molecular complexity index is 4510. The minimum atomic E-state index is -0.460. The first-order valence-electron chi connectivity index (χ1n) is 26.6. The first kappa shape index (κ1) is 41.7. The highest BCUT2D eigenvalue weighted by Gasteiger charge is 2.53. The molecule has 2 spiro atoms. The van der Waals surface area contributed by atoms with Crippen molar-refractivity contribution in [3.05, 3.63) is 318 Å². The Morgan fingerprint density at radius 2 is 0.487 bits per heavy atom. The Hall–Kier alpha value is -9.69. The molecule has 12 aromatic carbocycles. The number of hydrogen-bond acceptors (Lipinski definition) is 1. The van der Waals surface area contributed by atoms with Crippen molar-refractivity contribution in [1.82, 2.24) is 4.98 Å². The van der Waals surface area contributed by atoms with Crippen LogP contribution in [0.1, 0.15) is 44.5 Å². The number of nitrogens with zero attached hydrogens (tertiary/aromatic N) is 1. The number of aromatic nitrogens is 1. The third-order valence-corrected chi connectivity index (χ3v) is 17.8. The zero-order valence-electron chi connectivity index (χ0n) is 41.4. The summed E-state index contributed by atoms with van der Waals surface area (Å²) in [5.74, 6) is 0. The predicted octanol–water partition coefficient (Wildman–Crippen LogP) is 18.7. The van der Waals surface area contributed by atoms with Gasteiger partial charge in [-0.25, -0.2) is 0 Å². The van der Waals surface area contributed by atoms with Gasteiger partial charge in [0.1, 0.15) is 0 Å². The van der Waals surface area contributed by atoms with Crippen molar-refractivity contribution in [2.75, 3.05) is 0 Å². The summed E-state index contributed by atoms with van der Waals surface area (Å²) in [6.45, 7) is 0. The summed E-state index contributed by atoms with van der Waals surface area (Å²) in [4.78, 5) is 4.28. The summed E-state index contributed by atoms with van der Waals surface area (Å²) in [6.07, 6.45) is 3.73. The van der Waals surface area contributed by atoms with Crippen molar-refractivity contribution in [2.24, 2.45) is 0 Å². The maximum absolute atomic E-state index is 4.28. The number of benzene rings is 12. The number of pyridine rings is 1. The van der Waals surface area contributed by atoms with Crippen LogP contribution in [-0.2, 0) is 10.8 Å². The molecule has 0 bridgehead atoms. The minimum absolute atomic E-state index is 0.453. The van der Waals surface area contributed by atoms with Gasteiger partial charge in [0.2, 0.25) is 0 Å². The van der Waals surface area contributed by atoms with Crippen molar-refractivity contribution < 1.29 is 0 Å². The number of fused-ring (bicyclic) bond motifs is 22. The van der Waals surface area contributed by atoms with Crippen molar-refractivity contribution in [2.45, 2.75) is 10.8 Å². The van der Waals surface area contributed by atoms with Gasteiger partial charge < -0.3 is 0 Å². The standard InChI is InChI=1S/C75H45N/c1-2-22-61-60(21-1)72(50-34-36-58-56-19-7-13-27-68(56)74(70(58)44-50)64-23-9-3-15-52(64)53-16-4-10-24-65(53)74)62-38-33-49(47-31-29-46(30-32-47)48-39-41-76-42-40-48)43-63(62)73(61)51-35-37-59-57-20-8-14-28-69(57)75(71(59)45-51)66-25-11-5-17-54(66)55-18-6-12-26-67(55)75/h1-45H. The Labute approximate surface area is 441 Å². The molecule has 1 heteroatoms. The molecule has 1 nitrogen and oxygen atoms in total. The molecule has 0 amide bonds. The average molecular weight is 960 g/mol. The van der Waals surface area contributed by atoms with E-state index >= 15 is 0 Å². The molecular formula is C75H45N. The molecule has 4 aliphatic carbocycles. The third-order valence-electron chi connectivity index (χ3n) is 17.8. The number of rotatable bonds is 4. The lowest BCUT2D eigenvalue weighted by Crippen LogP contribution is -2.25. The lowest BCUT2D eigenvalue weighted by atomic mass is 9.70.